The Hall–Kier alpha value is -3.60. The normalized spacial score (nSPS) is 13.7. The first-order valence-electron chi connectivity index (χ1n) is 9.46. The lowest BCUT2D eigenvalue weighted by atomic mass is 10.0. The van der Waals surface area contributed by atoms with Gasteiger partial charge in [-0.2, -0.15) is 61.5 Å². The SMILES string of the molecule is O=C(Nc1ccccc1-c1ccccc1NC(=O)C(F)(F)C(F)(F)C(F)(F)F)C(F)(F)C(F)(F)C(F)(F)F. The standard InChI is InChI=1S/C20H10F14N2O2/c21-15(22,17(25,26)19(29,30)31)13(37)35-11-7-3-1-5-9(11)10-6-2-4-8-12(10)36-14(38)16(23,24)18(27,28)20(32,33)34/h1-8H,(H,35,37)(H,36,38). The number of rotatable bonds is 7. The van der Waals surface area contributed by atoms with Crippen LogP contribution >= 0.6 is 0 Å². The second-order valence-electron chi connectivity index (χ2n) is 7.29. The fourth-order valence-electron chi connectivity index (χ4n) is 2.70. The highest BCUT2D eigenvalue weighted by molar-refractivity contribution is 6.04. The molecule has 0 heterocycles. The Morgan fingerprint density at radius 2 is 0.737 bits per heavy atom. The molecule has 0 aliphatic rings. The summed E-state index contributed by atoms with van der Waals surface area (Å²) in [6.07, 6.45) is -13.7. The van der Waals surface area contributed by atoms with Crippen LogP contribution in [0.1, 0.15) is 0 Å². The lowest BCUT2D eigenvalue weighted by molar-refractivity contribution is -0.343. The summed E-state index contributed by atoms with van der Waals surface area (Å²) in [5.74, 6) is -32.8. The third kappa shape index (κ3) is 5.20. The Morgan fingerprint density at radius 3 is 1.00 bits per heavy atom. The predicted octanol–water partition coefficient (Wildman–Crippen LogP) is 6.90. The Labute approximate surface area is 201 Å². The van der Waals surface area contributed by atoms with Crippen LogP contribution in [0.4, 0.5) is 72.8 Å². The van der Waals surface area contributed by atoms with Crippen LogP contribution in [-0.4, -0.2) is 47.9 Å². The minimum absolute atomic E-state index is 0.645. The van der Waals surface area contributed by atoms with Crippen LogP contribution in [0.15, 0.2) is 48.5 Å². The maximum Gasteiger partial charge on any atom is 0.460 e. The number of hydrogen-bond acceptors (Lipinski definition) is 2. The van der Waals surface area contributed by atoms with Gasteiger partial charge in [0.15, 0.2) is 0 Å². The highest BCUT2D eigenvalue weighted by Crippen LogP contribution is 2.48. The number of amides is 2. The van der Waals surface area contributed by atoms with E-state index < -0.39 is 70.4 Å². The van der Waals surface area contributed by atoms with E-state index in [9.17, 15) is 71.1 Å². The average molecular weight is 576 g/mol. The second kappa shape index (κ2) is 9.61. The molecule has 2 aromatic rings. The number of nitrogens with one attached hydrogen (secondary N) is 2. The van der Waals surface area contributed by atoms with Crippen LogP contribution in [0, 0.1) is 0 Å². The van der Waals surface area contributed by atoms with Gasteiger partial charge in [0.1, 0.15) is 0 Å². The Morgan fingerprint density at radius 1 is 0.474 bits per heavy atom. The number of hydrogen-bond donors (Lipinski definition) is 2. The van der Waals surface area contributed by atoms with E-state index in [-0.39, 0.29) is 0 Å². The molecule has 0 aliphatic heterocycles. The number of anilines is 2. The minimum Gasteiger partial charge on any atom is -0.320 e. The van der Waals surface area contributed by atoms with Crippen LogP contribution in [0.25, 0.3) is 11.1 Å². The zero-order valence-corrected chi connectivity index (χ0v) is 17.7. The van der Waals surface area contributed by atoms with E-state index in [1.165, 1.54) is 0 Å². The molecule has 2 N–H and O–H groups in total. The Kier molecular flexibility index (Phi) is 7.75. The molecule has 2 rings (SSSR count). The fourth-order valence-corrected chi connectivity index (χ4v) is 2.70. The van der Waals surface area contributed by atoms with E-state index in [4.69, 9.17) is 0 Å². The Balaban J connectivity index is 2.50. The van der Waals surface area contributed by atoms with Crippen LogP contribution < -0.4 is 10.6 Å². The molecule has 0 saturated heterocycles. The average Bonchev–Trinajstić information content (AvgIpc) is 2.78. The zero-order chi connectivity index (χ0) is 29.5. The molecule has 38 heavy (non-hydrogen) atoms. The molecule has 0 unspecified atom stereocenters. The van der Waals surface area contributed by atoms with Crippen LogP contribution in [0.3, 0.4) is 0 Å². The summed E-state index contributed by atoms with van der Waals surface area (Å²) in [4.78, 5) is 23.4. The van der Waals surface area contributed by atoms with E-state index in [0.29, 0.717) is 12.1 Å². The first kappa shape index (κ1) is 30.6. The highest BCUT2D eigenvalue weighted by atomic mass is 19.4. The van der Waals surface area contributed by atoms with Gasteiger partial charge in [-0.05, 0) is 12.1 Å². The van der Waals surface area contributed by atoms with Gasteiger partial charge >= 0.3 is 47.9 Å². The minimum atomic E-state index is -6.87. The van der Waals surface area contributed by atoms with E-state index in [1.54, 1.807) is 0 Å². The highest BCUT2D eigenvalue weighted by Gasteiger charge is 2.77. The third-order valence-electron chi connectivity index (χ3n) is 4.71. The first-order valence-corrected chi connectivity index (χ1v) is 9.46. The monoisotopic (exact) mass is 576 g/mol. The molecule has 0 aliphatic carbocycles. The molecule has 2 amide bonds. The molecule has 2 aromatic carbocycles. The van der Waals surface area contributed by atoms with Gasteiger partial charge in [0.25, 0.3) is 0 Å². The molecule has 0 spiro atoms. The number of para-hydroxylation sites is 2. The van der Waals surface area contributed by atoms with Crippen molar-refractivity contribution in [2.75, 3.05) is 10.6 Å². The van der Waals surface area contributed by atoms with Gasteiger partial charge in [0.05, 0.1) is 0 Å². The largest absolute Gasteiger partial charge is 0.460 e. The summed E-state index contributed by atoms with van der Waals surface area (Å²) in [6.45, 7) is 0. The van der Waals surface area contributed by atoms with Crippen molar-refractivity contribution in [3.8, 4) is 11.1 Å². The molecular weight excluding hydrogens is 566 g/mol. The smallest absolute Gasteiger partial charge is 0.320 e. The lowest BCUT2D eigenvalue weighted by Crippen LogP contribution is -2.57. The molecular formula is C20H10F14N2O2. The van der Waals surface area contributed by atoms with Gasteiger partial charge in [-0.1, -0.05) is 36.4 Å². The van der Waals surface area contributed by atoms with E-state index in [0.717, 1.165) is 47.0 Å². The van der Waals surface area contributed by atoms with Gasteiger partial charge < -0.3 is 10.6 Å². The van der Waals surface area contributed by atoms with Gasteiger partial charge in [-0.3, -0.25) is 9.59 Å². The van der Waals surface area contributed by atoms with Crippen molar-refractivity contribution in [1.82, 2.24) is 0 Å². The van der Waals surface area contributed by atoms with Gasteiger partial charge in [0, 0.05) is 22.5 Å². The predicted molar refractivity (Wildman–Crippen MR) is 101 cm³/mol. The van der Waals surface area contributed by atoms with Crippen molar-refractivity contribution in [2.45, 2.75) is 36.0 Å². The molecule has 0 radical (unpaired) electrons. The maximum atomic E-state index is 13.7. The summed E-state index contributed by atoms with van der Waals surface area (Å²) in [7, 11) is 0. The number of carbonyl (C=O) groups is 2. The van der Waals surface area contributed by atoms with Crippen molar-refractivity contribution >= 4 is 23.2 Å². The van der Waals surface area contributed by atoms with Crippen molar-refractivity contribution in [3.63, 3.8) is 0 Å². The Bertz CT molecular complexity index is 1110. The fraction of sp³-hybridized carbons (Fsp3) is 0.300. The molecule has 0 saturated carbocycles. The van der Waals surface area contributed by atoms with Crippen molar-refractivity contribution in [2.24, 2.45) is 0 Å². The number of carbonyl (C=O) groups excluding carboxylic acids is 2. The maximum absolute atomic E-state index is 13.7. The molecule has 210 valence electrons. The van der Waals surface area contributed by atoms with Gasteiger partial charge in [-0.25, -0.2) is 0 Å². The van der Waals surface area contributed by atoms with Crippen molar-refractivity contribution in [3.05, 3.63) is 48.5 Å². The van der Waals surface area contributed by atoms with Crippen molar-refractivity contribution in [1.29, 1.82) is 0 Å². The summed E-state index contributed by atoms with van der Waals surface area (Å²) >= 11 is 0. The molecule has 0 bridgehead atoms. The molecule has 0 aromatic heterocycles. The quantitative estimate of drug-likeness (QED) is 0.353. The van der Waals surface area contributed by atoms with Crippen molar-refractivity contribution < 1.29 is 71.1 Å². The number of benzene rings is 2. The zero-order valence-electron chi connectivity index (χ0n) is 17.7. The topological polar surface area (TPSA) is 58.2 Å². The molecule has 0 atom stereocenters. The number of alkyl halides is 14. The van der Waals surface area contributed by atoms with Crippen LogP contribution in [0.5, 0.6) is 0 Å². The van der Waals surface area contributed by atoms with Gasteiger partial charge in [-0.15, -0.1) is 0 Å². The lowest BCUT2D eigenvalue weighted by Gasteiger charge is -2.28. The van der Waals surface area contributed by atoms with E-state index in [1.807, 2.05) is 0 Å². The first-order chi connectivity index (χ1) is 17.0. The van der Waals surface area contributed by atoms with Gasteiger partial charge in [0.2, 0.25) is 0 Å². The summed E-state index contributed by atoms with van der Waals surface area (Å²) in [5.41, 5.74) is -3.23. The van der Waals surface area contributed by atoms with Crippen LogP contribution in [0.2, 0.25) is 0 Å². The summed E-state index contributed by atoms with van der Waals surface area (Å²) < 4.78 is 182. The third-order valence-corrected chi connectivity index (χ3v) is 4.71. The van der Waals surface area contributed by atoms with E-state index >= 15 is 0 Å². The van der Waals surface area contributed by atoms with Crippen LogP contribution in [-0.2, 0) is 9.59 Å². The second-order valence-corrected chi connectivity index (χ2v) is 7.29. The summed E-state index contributed by atoms with van der Waals surface area (Å²) in [5, 5.41) is 2.17. The molecule has 4 nitrogen and oxygen atoms in total. The van der Waals surface area contributed by atoms with E-state index in [2.05, 4.69) is 0 Å². The molecule has 18 heteroatoms. The molecule has 0 fully saturated rings. The summed E-state index contributed by atoms with van der Waals surface area (Å²) in [6, 6.07) is 6.86. The number of halogens is 14.